The van der Waals surface area contributed by atoms with Crippen molar-refractivity contribution in [3.8, 4) is 0 Å². The molecule has 2 heterocycles. The van der Waals surface area contributed by atoms with Crippen LogP contribution in [-0.2, 0) is 4.79 Å². The number of amides is 2. The molecule has 6 nitrogen and oxygen atoms in total. The molecule has 0 unspecified atom stereocenters. The molecule has 2 amide bonds. The summed E-state index contributed by atoms with van der Waals surface area (Å²) in [5, 5.41) is 5.84. The van der Waals surface area contributed by atoms with Crippen LogP contribution in [0.4, 0.5) is 17.2 Å². The Kier molecular flexibility index (Phi) is 5.97. The van der Waals surface area contributed by atoms with Crippen LogP contribution in [0.2, 0.25) is 0 Å². The summed E-state index contributed by atoms with van der Waals surface area (Å²) in [5.74, 6) is 0.496. The fourth-order valence-electron chi connectivity index (χ4n) is 3.10. The predicted molar refractivity (Wildman–Crippen MR) is 113 cm³/mol. The van der Waals surface area contributed by atoms with Gasteiger partial charge in [-0.3, -0.25) is 9.59 Å². The van der Waals surface area contributed by atoms with Gasteiger partial charge in [0.05, 0.1) is 5.69 Å². The maximum Gasteiger partial charge on any atom is 0.255 e. The fraction of sp³-hybridized carbons (Fsp3) is 0.409. The van der Waals surface area contributed by atoms with Crippen molar-refractivity contribution < 1.29 is 9.59 Å². The Labute approximate surface area is 166 Å². The summed E-state index contributed by atoms with van der Waals surface area (Å²) < 4.78 is 0. The third-order valence-electron chi connectivity index (χ3n) is 4.75. The van der Waals surface area contributed by atoms with Crippen molar-refractivity contribution in [1.29, 1.82) is 0 Å². The van der Waals surface area contributed by atoms with Crippen LogP contribution in [0.15, 0.2) is 42.6 Å². The van der Waals surface area contributed by atoms with Crippen molar-refractivity contribution in [1.82, 2.24) is 4.98 Å². The minimum Gasteiger partial charge on any atom is -0.355 e. The molecule has 6 heteroatoms. The summed E-state index contributed by atoms with van der Waals surface area (Å²) >= 11 is 0. The fourth-order valence-corrected chi connectivity index (χ4v) is 3.10. The molecule has 0 saturated carbocycles. The van der Waals surface area contributed by atoms with Gasteiger partial charge in [-0.15, -0.1) is 0 Å². The highest BCUT2D eigenvalue weighted by Crippen LogP contribution is 2.26. The molecule has 2 N–H and O–H groups in total. The van der Waals surface area contributed by atoms with Gasteiger partial charge < -0.3 is 15.5 Å². The summed E-state index contributed by atoms with van der Waals surface area (Å²) in [6.07, 6.45) is 5.26. The lowest BCUT2D eigenvalue weighted by Crippen LogP contribution is -2.31. The van der Waals surface area contributed by atoms with Gasteiger partial charge in [-0.1, -0.05) is 26.8 Å². The lowest BCUT2D eigenvalue weighted by Gasteiger charge is -2.29. The first-order valence-electron chi connectivity index (χ1n) is 9.77. The molecule has 0 aliphatic carbocycles. The average Bonchev–Trinajstić information content (AvgIpc) is 2.68. The van der Waals surface area contributed by atoms with Gasteiger partial charge in [-0.05, 0) is 49.6 Å². The van der Waals surface area contributed by atoms with Crippen LogP contribution in [0.3, 0.4) is 0 Å². The third-order valence-corrected chi connectivity index (χ3v) is 4.75. The van der Waals surface area contributed by atoms with Gasteiger partial charge in [0.2, 0.25) is 5.91 Å². The maximum atomic E-state index is 12.8. The SMILES string of the molecule is CC(C)(C)C(=O)Nc1cccc(C(=O)Nc2cccnc2N2CCCCC2)c1. The first-order valence-corrected chi connectivity index (χ1v) is 9.77. The van der Waals surface area contributed by atoms with Gasteiger partial charge in [0.15, 0.2) is 5.82 Å². The van der Waals surface area contributed by atoms with Crippen molar-refractivity contribution in [3.63, 3.8) is 0 Å². The molecule has 1 saturated heterocycles. The highest BCUT2D eigenvalue weighted by atomic mass is 16.2. The molecule has 0 atom stereocenters. The van der Waals surface area contributed by atoms with Crippen LogP contribution in [0, 0.1) is 5.41 Å². The Morgan fingerprint density at radius 1 is 1.00 bits per heavy atom. The van der Waals surface area contributed by atoms with Gasteiger partial charge in [-0.25, -0.2) is 4.98 Å². The topological polar surface area (TPSA) is 74.3 Å². The number of hydrogen-bond donors (Lipinski definition) is 2. The zero-order valence-electron chi connectivity index (χ0n) is 16.8. The zero-order chi connectivity index (χ0) is 20.1. The lowest BCUT2D eigenvalue weighted by molar-refractivity contribution is -0.123. The second kappa shape index (κ2) is 8.42. The van der Waals surface area contributed by atoms with E-state index in [1.54, 1.807) is 30.5 Å². The number of nitrogens with one attached hydrogen (secondary N) is 2. The molecule has 1 fully saturated rings. The van der Waals surface area contributed by atoms with Crippen molar-refractivity contribution >= 4 is 29.0 Å². The quantitative estimate of drug-likeness (QED) is 0.829. The van der Waals surface area contributed by atoms with E-state index in [0.717, 1.165) is 31.7 Å². The van der Waals surface area contributed by atoms with Crippen LogP contribution in [-0.4, -0.2) is 29.9 Å². The van der Waals surface area contributed by atoms with Gasteiger partial charge in [0.1, 0.15) is 0 Å². The Morgan fingerprint density at radius 3 is 2.46 bits per heavy atom. The number of rotatable bonds is 4. The number of hydrogen-bond acceptors (Lipinski definition) is 4. The number of pyridine rings is 1. The Balaban J connectivity index is 1.75. The molecule has 1 aliphatic heterocycles. The molecule has 1 aliphatic rings. The van der Waals surface area contributed by atoms with Gasteiger partial charge in [0.25, 0.3) is 5.91 Å². The number of aromatic nitrogens is 1. The molecule has 3 rings (SSSR count). The average molecular weight is 380 g/mol. The number of carbonyl (C=O) groups is 2. The van der Waals surface area contributed by atoms with E-state index in [4.69, 9.17) is 0 Å². The summed E-state index contributed by atoms with van der Waals surface area (Å²) in [4.78, 5) is 31.7. The number of anilines is 3. The third kappa shape index (κ3) is 4.88. The van der Waals surface area contributed by atoms with E-state index in [1.807, 2.05) is 32.9 Å². The van der Waals surface area contributed by atoms with Gasteiger partial charge in [-0.2, -0.15) is 0 Å². The minimum atomic E-state index is -0.503. The normalized spacial score (nSPS) is 14.5. The van der Waals surface area contributed by atoms with Crippen LogP contribution < -0.4 is 15.5 Å². The largest absolute Gasteiger partial charge is 0.355 e. The number of piperidine rings is 1. The van der Waals surface area contributed by atoms with Crippen molar-refractivity contribution in [2.24, 2.45) is 5.41 Å². The van der Waals surface area contributed by atoms with E-state index in [1.165, 1.54) is 6.42 Å². The molecule has 28 heavy (non-hydrogen) atoms. The standard InChI is InChI=1S/C22H28N4O2/c1-22(2,3)21(28)24-17-10-7-9-16(15-17)20(27)25-18-11-8-12-23-19(18)26-13-5-4-6-14-26/h7-12,15H,4-6,13-14H2,1-3H3,(H,24,28)(H,25,27). The second-order valence-corrected chi connectivity index (χ2v) is 8.16. The zero-order valence-corrected chi connectivity index (χ0v) is 16.8. The molecule has 1 aromatic carbocycles. The van der Waals surface area contributed by atoms with Crippen molar-refractivity contribution in [2.45, 2.75) is 40.0 Å². The van der Waals surface area contributed by atoms with E-state index < -0.39 is 5.41 Å². The van der Waals surface area contributed by atoms with Crippen LogP contribution >= 0.6 is 0 Å². The van der Waals surface area contributed by atoms with Crippen molar-refractivity contribution in [2.75, 3.05) is 28.6 Å². The minimum absolute atomic E-state index is 0.0929. The highest BCUT2D eigenvalue weighted by molar-refractivity contribution is 6.06. The van der Waals surface area contributed by atoms with Crippen LogP contribution in [0.1, 0.15) is 50.4 Å². The molecule has 148 valence electrons. The second-order valence-electron chi connectivity index (χ2n) is 8.16. The summed E-state index contributed by atoms with van der Waals surface area (Å²) in [6, 6.07) is 10.7. The predicted octanol–water partition coefficient (Wildman–Crippen LogP) is 4.31. The Bertz CT molecular complexity index is 852. The summed E-state index contributed by atoms with van der Waals surface area (Å²) in [6.45, 7) is 7.46. The Morgan fingerprint density at radius 2 is 1.75 bits per heavy atom. The van der Waals surface area contributed by atoms with E-state index in [-0.39, 0.29) is 11.8 Å². The summed E-state index contributed by atoms with van der Waals surface area (Å²) in [7, 11) is 0. The first-order chi connectivity index (χ1) is 13.3. The number of benzene rings is 1. The number of nitrogens with zero attached hydrogens (tertiary/aromatic N) is 2. The summed E-state index contributed by atoms with van der Waals surface area (Å²) in [5.41, 5.74) is 1.30. The van der Waals surface area contributed by atoms with E-state index >= 15 is 0 Å². The van der Waals surface area contributed by atoms with Crippen molar-refractivity contribution in [3.05, 3.63) is 48.2 Å². The van der Waals surface area contributed by atoms with Gasteiger partial charge in [0, 0.05) is 36.0 Å². The molecule has 2 aromatic rings. The van der Waals surface area contributed by atoms with Crippen LogP contribution in [0.5, 0.6) is 0 Å². The Hall–Kier alpha value is -2.89. The lowest BCUT2D eigenvalue weighted by atomic mass is 9.95. The molecular weight excluding hydrogens is 352 g/mol. The molecule has 0 bridgehead atoms. The number of carbonyl (C=O) groups excluding carboxylic acids is 2. The maximum absolute atomic E-state index is 12.8. The molecular formula is C22H28N4O2. The molecule has 0 radical (unpaired) electrons. The molecule has 1 aromatic heterocycles. The van der Waals surface area contributed by atoms with E-state index in [0.29, 0.717) is 16.9 Å². The first kappa shape index (κ1) is 19.9. The van der Waals surface area contributed by atoms with E-state index in [9.17, 15) is 9.59 Å². The van der Waals surface area contributed by atoms with E-state index in [2.05, 4.69) is 20.5 Å². The highest BCUT2D eigenvalue weighted by Gasteiger charge is 2.22. The molecule has 0 spiro atoms. The van der Waals surface area contributed by atoms with Crippen LogP contribution in [0.25, 0.3) is 0 Å². The van der Waals surface area contributed by atoms with Gasteiger partial charge >= 0.3 is 0 Å². The smallest absolute Gasteiger partial charge is 0.255 e. The monoisotopic (exact) mass is 380 g/mol.